The van der Waals surface area contributed by atoms with Gasteiger partial charge in [0.2, 0.25) is 0 Å². The van der Waals surface area contributed by atoms with Crippen LogP contribution in [0, 0.1) is 0 Å². The lowest BCUT2D eigenvalue weighted by molar-refractivity contribution is -0.401. The predicted molar refractivity (Wildman–Crippen MR) is 102 cm³/mol. The van der Waals surface area contributed by atoms with Gasteiger partial charge < -0.3 is 14.2 Å². The molecule has 0 aliphatic heterocycles. The van der Waals surface area contributed by atoms with Gasteiger partial charge in [-0.1, -0.05) is 32.0 Å². The lowest BCUT2D eigenvalue weighted by atomic mass is 9.76. The molecule has 36 heavy (non-hydrogen) atoms. The number of halogens is 12. The Labute approximate surface area is 198 Å². The maximum absolute atomic E-state index is 14.1. The molecule has 1 unspecified atom stereocenters. The van der Waals surface area contributed by atoms with Gasteiger partial charge in [-0.05, 0) is 30.4 Å². The number of methoxy groups -OCH3 is 1. The zero-order valence-electron chi connectivity index (χ0n) is 19.4. The Morgan fingerprint density at radius 3 is 1.58 bits per heavy atom. The van der Waals surface area contributed by atoms with Crippen molar-refractivity contribution in [1.29, 1.82) is 0 Å². The first-order chi connectivity index (χ1) is 16.1. The maximum atomic E-state index is 14.1. The van der Waals surface area contributed by atoms with E-state index in [9.17, 15) is 52.7 Å². The molecule has 1 rings (SSSR count). The molecule has 1 aromatic rings. The van der Waals surface area contributed by atoms with Gasteiger partial charge in [0.1, 0.15) is 6.79 Å². The van der Waals surface area contributed by atoms with Crippen LogP contribution in [0.2, 0.25) is 0 Å². The highest BCUT2D eigenvalue weighted by atomic mass is 19.4. The lowest BCUT2D eigenvalue weighted by Gasteiger charge is -2.39. The first-order valence-corrected chi connectivity index (χ1v) is 10.2. The molecule has 0 N–H and O–H groups in total. The van der Waals surface area contributed by atoms with Crippen LogP contribution >= 0.6 is 0 Å². The average molecular weight is 552 g/mol. The quantitative estimate of drug-likeness (QED) is 0.171. The Kier molecular flexibility index (Phi) is 9.81. The summed E-state index contributed by atoms with van der Waals surface area (Å²) in [6, 6.07) is 0.148. The van der Waals surface area contributed by atoms with E-state index < -0.39 is 77.8 Å². The van der Waals surface area contributed by atoms with Crippen molar-refractivity contribution in [3.63, 3.8) is 0 Å². The van der Waals surface area contributed by atoms with Crippen molar-refractivity contribution in [2.75, 3.05) is 27.1 Å². The highest BCUT2D eigenvalue weighted by molar-refractivity contribution is 5.42. The fraction of sp³-hybridized carbons (Fsp3) is 0.714. The summed E-state index contributed by atoms with van der Waals surface area (Å²) in [5.41, 5.74) is -14.5. The Bertz CT molecular complexity index is 828. The molecule has 0 amide bonds. The van der Waals surface area contributed by atoms with Crippen molar-refractivity contribution >= 4 is 0 Å². The van der Waals surface area contributed by atoms with E-state index in [1.54, 1.807) is 0 Å². The standard InChI is InChI=1S/C21H24F12O3/c1-5-12(2)13-8-14(16(3,18(22,23)24)19(25,26)27)10-15(9-13)17(20(28,29)30,21(31,32)33)36-11-35-7-6-34-4/h8-10,12H,5-7,11H2,1-4H3. The number of benzene rings is 1. The van der Waals surface area contributed by atoms with Crippen molar-refractivity contribution in [3.8, 4) is 0 Å². The highest BCUT2D eigenvalue weighted by Gasteiger charge is 2.74. The normalized spacial score (nSPS) is 15.3. The molecule has 0 fully saturated rings. The summed E-state index contributed by atoms with van der Waals surface area (Å²) in [6.07, 6.45) is -25.0. The molecular formula is C21H24F12O3. The van der Waals surface area contributed by atoms with Crippen molar-refractivity contribution in [3.05, 3.63) is 34.9 Å². The van der Waals surface area contributed by atoms with Gasteiger partial charge in [-0.15, -0.1) is 0 Å². The topological polar surface area (TPSA) is 27.7 Å². The van der Waals surface area contributed by atoms with Crippen LogP contribution in [0.15, 0.2) is 18.2 Å². The van der Waals surface area contributed by atoms with Crippen LogP contribution in [0.1, 0.15) is 49.8 Å². The summed E-state index contributed by atoms with van der Waals surface area (Å²) in [6.45, 7) is -0.160. The second kappa shape index (κ2) is 10.9. The third kappa shape index (κ3) is 6.04. The average Bonchev–Trinajstić information content (AvgIpc) is 2.71. The van der Waals surface area contributed by atoms with E-state index in [1.165, 1.54) is 13.8 Å². The van der Waals surface area contributed by atoms with E-state index in [-0.39, 0.29) is 26.0 Å². The van der Waals surface area contributed by atoms with Gasteiger partial charge in [-0.3, -0.25) is 0 Å². The number of rotatable bonds is 10. The second-order valence-electron chi connectivity index (χ2n) is 8.11. The summed E-state index contributed by atoms with van der Waals surface area (Å²) in [5, 5.41) is 0. The highest BCUT2D eigenvalue weighted by Crippen LogP contribution is 2.56. The van der Waals surface area contributed by atoms with Crippen molar-refractivity contribution in [2.45, 2.75) is 68.8 Å². The molecule has 1 atom stereocenters. The minimum Gasteiger partial charge on any atom is -0.382 e. The monoisotopic (exact) mass is 552 g/mol. The molecule has 0 saturated heterocycles. The zero-order chi connectivity index (χ0) is 28.4. The van der Waals surface area contributed by atoms with Crippen molar-refractivity contribution in [2.24, 2.45) is 0 Å². The molecule has 3 nitrogen and oxygen atoms in total. The van der Waals surface area contributed by atoms with Gasteiger partial charge in [0, 0.05) is 12.7 Å². The molecule has 15 heteroatoms. The fourth-order valence-corrected chi connectivity index (χ4v) is 3.22. The molecule has 0 bridgehead atoms. The van der Waals surface area contributed by atoms with Crippen molar-refractivity contribution < 1.29 is 66.9 Å². The maximum Gasteiger partial charge on any atom is 0.430 e. The van der Waals surface area contributed by atoms with Gasteiger partial charge in [0.15, 0.2) is 5.41 Å². The van der Waals surface area contributed by atoms with Crippen LogP contribution in [0.4, 0.5) is 52.7 Å². The molecule has 1 aromatic carbocycles. The first kappa shape index (κ1) is 32.3. The Morgan fingerprint density at radius 2 is 1.19 bits per heavy atom. The molecule has 0 aliphatic rings. The van der Waals surface area contributed by atoms with Gasteiger partial charge in [0.25, 0.3) is 5.60 Å². The van der Waals surface area contributed by atoms with Crippen LogP contribution in [0.3, 0.4) is 0 Å². The number of hydrogen-bond donors (Lipinski definition) is 0. The summed E-state index contributed by atoms with van der Waals surface area (Å²) in [4.78, 5) is 0. The third-order valence-electron chi connectivity index (χ3n) is 5.84. The third-order valence-corrected chi connectivity index (χ3v) is 5.84. The van der Waals surface area contributed by atoms with E-state index >= 15 is 0 Å². The summed E-state index contributed by atoms with van der Waals surface area (Å²) in [7, 11) is 1.15. The molecule has 0 aromatic heterocycles. The minimum atomic E-state index is -6.37. The van der Waals surface area contributed by atoms with Gasteiger partial charge in [-0.2, -0.15) is 52.7 Å². The molecule has 0 saturated carbocycles. The fourth-order valence-electron chi connectivity index (χ4n) is 3.22. The van der Waals surface area contributed by atoms with E-state index in [4.69, 9.17) is 0 Å². The van der Waals surface area contributed by atoms with E-state index in [2.05, 4.69) is 14.2 Å². The lowest BCUT2D eigenvalue weighted by Crippen LogP contribution is -2.57. The van der Waals surface area contributed by atoms with Crippen LogP contribution in [0.25, 0.3) is 0 Å². The summed E-state index contributed by atoms with van der Waals surface area (Å²) >= 11 is 0. The molecule has 0 radical (unpaired) electrons. The Morgan fingerprint density at radius 1 is 0.722 bits per heavy atom. The minimum absolute atomic E-state index is 0.0241. The number of ether oxygens (including phenoxy) is 3. The van der Waals surface area contributed by atoms with Gasteiger partial charge in [0.05, 0.1) is 13.2 Å². The van der Waals surface area contributed by atoms with Crippen LogP contribution in [-0.2, 0) is 25.2 Å². The van der Waals surface area contributed by atoms with E-state index in [0.29, 0.717) is 6.07 Å². The molecule has 0 aliphatic carbocycles. The molecule has 0 spiro atoms. The Balaban J connectivity index is 4.08. The van der Waals surface area contributed by atoms with Crippen LogP contribution in [0.5, 0.6) is 0 Å². The van der Waals surface area contributed by atoms with E-state index in [1.807, 2.05) is 0 Å². The summed E-state index contributed by atoms with van der Waals surface area (Å²) in [5.74, 6) is -1.01. The van der Waals surface area contributed by atoms with Gasteiger partial charge >= 0.3 is 24.7 Å². The smallest absolute Gasteiger partial charge is 0.382 e. The largest absolute Gasteiger partial charge is 0.430 e. The van der Waals surface area contributed by atoms with Crippen LogP contribution < -0.4 is 0 Å². The molecule has 210 valence electrons. The number of hydrogen-bond acceptors (Lipinski definition) is 3. The summed E-state index contributed by atoms with van der Waals surface area (Å²) < 4.78 is 180. The second-order valence-corrected chi connectivity index (χ2v) is 8.11. The Hall–Kier alpha value is -1.74. The number of alkyl halides is 12. The molecular weight excluding hydrogens is 528 g/mol. The van der Waals surface area contributed by atoms with Crippen molar-refractivity contribution in [1.82, 2.24) is 0 Å². The predicted octanol–water partition coefficient (Wildman–Crippen LogP) is 7.54. The van der Waals surface area contributed by atoms with Gasteiger partial charge in [-0.25, -0.2) is 0 Å². The molecule has 0 heterocycles. The SMILES string of the molecule is CCC(C)c1cc(C(C)(C(F)(F)F)C(F)(F)F)cc(C(OCOCCOC)(C(F)(F)F)C(F)(F)F)c1. The zero-order valence-corrected chi connectivity index (χ0v) is 19.4. The van der Waals surface area contributed by atoms with Crippen LogP contribution in [-0.4, -0.2) is 51.8 Å². The first-order valence-electron chi connectivity index (χ1n) is 10.2. The van der Waals surface area contributed by atoms with E-state index in [0.717, 1.165) is 7.11 Å².